The van der Waals surface area contributed by atoms with Crippen LogP contribution in [0, 0.1) is 0 Å². The summed E-state index contributed by atoms with van der Waals surface area (Å²) in [6, 6.07) is 1.78. The fourth-order valence-electron chi connectivity index (χ4n) is 2.81. The molecule has 1 aliphatic rings. The van der Waals surface area contributed by atoms with Gasteiger partial charge in [0.15, 0.2) is 0 Å². The third kappa shape index (κ3) is 3.58. The van der Waals surface area contributed by atoms with E-state index in [1.54, 1.807) is 23.1 Å². The number of aromatic nitrogens is 3. The number of nitrogens with one attached hydrogen (secondary N) is 1. The van der Waals surface area contributed by atoms with Crippen LogP contribution in [0.4, 0.5) is 17.2 Å². The molecule has 1 aliphatic heterocycles. The van der Waals surface area contributed by atoms with E-state index in [-0.39, 0.29) is 11.4 Å². The van der Waals surface area contributed by atoms with E-state index in [0.717, 1.165) is 18.8 Å². The van der Waals surface area contributed by atoms with Crippen LogP contribution in [-0.4, -0.2) is 47.0 Å². The van der Waals surface area contributed by atoms with E-state index in [9.17, 15) is 4.79 Å². The molecule has 3 heterocycles. The summed E-state index contributed by atoms with van der Waals surface area (Å²) in [5.74, 6) is 0.0701. The maximum Gasteiger partial charge on any atom is 0.261 e. The summed E-state index contributed by atoms with van der Waals surface area (Å²) in [4.78, 5) is 19.0. The van der Waals surface area contributed by atoms with Crippen molar-refractivity contribution in [1.82, 2.24) is 14.8 Å². The summed E-state index contributed by atoms with van der Waals surface area (Å²) >= 11 is 0. The molecule has 1 saturated heterocycles. The first-order valence-electron chi connectivity index (χ1n) is 8.30. The van der Waals surface area contributed by atoms with Crippen molar-refractivity contribution in [2.45, 2.75) is 26.3 Å². The van der Waals surface area contributed by atoms with Gasteiger partial charge in [-0.15, -0.1) is 0 Å². The number of nitrogens with zero attached hydrogens (tertiary/aromatic N) is 4. The average Bonchev–Trinajstić information content (AvgIpc) is 2.98. The first kappa shape index (κ1) is 17.2. The zero-order valence-corrected chi connectivity index (χ0v) is 14.8. The average molecular weight is 344 g/mol. The summed E-state index contributed by atoms with van der Waals surface area (Å²) in [7, 11) is 0. The Morgan fingerprint density at radius 3 is 2.64 bits per heavy atom. The molecule has 0 unspecified atom stereocenters. The predicted octanol–water partition coefficient (Wildman–Crippen LogP) is 1.70. The van der Waals surface area contributed by atoms with Gasteiger partial charge in [-0.2, -0.15) is 5.10 Å². The fourth-order valence-corrected chi connectivity index (χ4v) is 2.81. The second-order valence-electron chi connectivity index (χ2n) is 6.97. The number of carbonyl (C=O) groups excluding carboxylic acids is 1. The Kier molecular flexibility index (Phi) is 4.63. The normalized spacial score (nSPS) is 15.2. The van der Waals surface area contributed by atoms with Crippen LogP contribution in [0.1, 0.15) is 31.1 Å². The third-order valence-electron chi connectivity index (χ3n) is 4.09. The van der Waals surface area contributed by atoms with E-state index in [2.05, 4.69) is 20.3 Å². The highest BCUT2D eigenvalue weighted by Crippen LogP contribution is 2.27. The molecule has 0 atom stereocenters. The number of anilines is 3. The molecule has 0 aromatic carbocycles. The van der Waals surface area contributed by atoms with E-state index in [4.69, 9.17) is 10.5 Å². The van der Waals surface area contributed by atoms with Gasteiger partial charge in [-0.3, -0.25) is 9.78 Å². The van der Waals surface area contributed by atoms with Crippen LogP contribution >= 0.6 is 0 Å². The van der Waals surface area contributed by atoms with E-state index in [1.807, 2.05) is 20.8 Å². The zero-order valence-electron chi connectivity index (χ0n) is 14.8. The van der Waals surface area contributed by atoms with E-state index < -0.39 is 0 Å². The smallest absolute Gasteiger partial charge is 0.261 e. The molecular weight excluding hydrogens is 320 g/mol. The van der Waals surface area contributed by atoms with Crippen molar-refractivity contribution < 1.29 is 9.53 Å². The Morgan fingerprint density at radius 2 is 2.00 bits per heavy atom. The molecule has 2 aromatic rings. The number of carbonyl (C=O) groups is 1. The van der Waals surface area contributed by atoms with Crippen LogP contribution in [0.2, 0.25) is 0 Å². The highest BCUT2D eigenvalue weighted by molar-refractivity contribution is 6.08. The van der Waals surface area contributed by atoms with E-state index >= 15 is 0 Å². The van der Waals surface area contributed by atoms with Crippen LogP contribution in [-0.2, 0) is 10.3 Å². The number of hydrogen-bond donors (Lipinski definition) is 2. The van der Waals surface area contributed by atoms with Crippen LogP contribution in [0.5, 0.6) is 0 Å². The lowest BCUT2D eigenvalue weighted by molar-refractivity contribution is 0.102. The predicted molar refractivity (Wildman–Crippen MR) is 96.9 cm³/mol. The number of nitrogen functional groups attached to an aromatic ring is 1. The van der Waals surface area contributed by atoms with Crippen molar-refractivity contribution in [3.63, 3.8) is 0 Å². The lowest BCUT2D eigenvalue weighted by Crippen LogP contribution is -2.36. The maximum absolute atomic E-state index is 12.7. The quantitative estimate of drug-likeness (QED) is 0.879. The summed E-state index contributed by atoms with van der Waals surface area (Å²) in [5.41, 5.74) is 7.77. The maximum atomic E-state index is 12.7. The van der Waals surface area contributed by atoms with Crippen LogP contribution < -0.4 is 16.0 Å². The van der Waals surface area contributed by atoms with E-state index in [1.165, 1.54) is 6.20 Å². The first-order chi connectivity index (χ1) is 11.9. The molecule has 0 spiro atoms. The van der Waals surface area contributed by atoms with Gasteiger partial charge in [0.25, 0.3) is 5.91 Å². The minimum atomic E-state index is -0.293. The third-order valence-corrected chi connectivity index (χ3v) is 4.09. The largest absolute Gasteiger partial charge is 0.383 e. The van der Waals surface area contributed by atoms with Crippen molar-refractivity contribution in [2.24, 2.45) is 0 Å². The molecule has 8 nitrogen and oxygen atoms in total. The molecule has 0 bridgehead atoms. The van der Waals surface area contributed by atoms with Gasteiger partial charge in [0.2, 0.25) is 0 Å². The topological polar surface area (TPSA) is 98.3 Å². The lowest BCUT2D eigenvalue weighted by Gasteiger charge is -2.30. The highest BCUT2D eigenvalue weighted by atomic mass is 16.5. The molecule has 1 fully saturated rings. The van der Waals surface area contributed by atoms with E-state index in [0.29, 0.717) is 30.3 Å². The molecule has 0 aliphatic carbocycles. The van der Waals surface area contributed by atoms with Gasteiger partial charge < -0.3 is 20.7 Å². The van der Waals surface area contributed by atoms with Crippen molar-refractivity contribution in [1.29, 1.82) is 0 Å². The Morgan fingerprint density at radius 1 is 1.28 bits per heavy atom. The van der Waals surface area contributed by atoms with Crippen LogP contribution in [0.25, 0.3) is 0 Å². The SMILES string of the molecule is CC(C)(C)n1ncc(C(=O)Nc2ccncc2N2CCOCC2)c1N. The van der Waals surface area contributed by atoms with Gasteiger partial charge in [0.05, 0.1) is 42.5 Å². The number of amides is 1. The first-order valence-corrected chi connectivity index (χ1v) is 8.30. The number of rotatable bonds is 3. The molecular formula is C17H24N6O2. The van der Waals surface area contributed by atoms with Crippen LogP contribution in [0.15, 0.2) is 24.7 Å². The summed E-state index contributed by atoms with van der Waals surface area (Å²) in [5, 5.41) is 7.19. The highest BCUT2D eigenvalue weighted by Gasteiger charge is 2.23. The molecule has 0 saturated carbocycles. The fraction of sp³-hybridized carbons (Fsp3) is 0.471. The Balaban J connectivity index is 1.83. The van der Waals surface area contributed by atoms with Gasteiger partial charge in [-0.25, -0.2) is 4.68 Å². The molecule has 134 valence electrons. The van der Waals surface area contributed by atoms with Gasteiger partial charge in [-0.1, -0.05) is 0 Å². The lowest BCUT2D eigenvalue weighted by atomic mass is 10.1. The van der Waals surface area contributed by atoms with Gasteiger partial charge in [0, 0.05) is 19.3 Å². The van der Waals surface area contributed by atoms with Crippen molar-refractivity contribution in [2.75, 3.05) is 42.3 Å². The molecule has 25 heavy (non-hydrogen) atoms. The summed E-state index contributed by atoms with van der Waals surface area (Å²) in [6.45, 7) is 8.80. The Hall–Kier alpha value is -2.61. The number of ether oxygens (including phenoxy) is 1. The molecule has 2 aromatic heterocycles. The summed E-state index contributed by atoms with van der Waals surface area (Å²) in [6.07, 6.45) is 4.91. The van der Waals surface area contributed by atoms with Crippen molar-refractivity contribution in [3.8, 4) is 0 Å². The van der Waals surface area contributed by atoms with Gasteiger partial charge in [0.1, 0.15) is 11.4 Å². The van der Waals surface area contributed by atoms with Crippen molar-refractivity contribution in [3.05, 3.63) is 30.2 Å². The molecule has 0 radical (unpaired) electrons. The summed E-state index contributed by atoms with van der Waals surface area (Å²) < 4.78 is 7.03. The van der Waals surface area contributed by atoms with Gasteiger partial charge in [-0.05, 0) is 26.8 Å². The molecule has 3 rings (SSSR count). The minimum Gasteiger partial charge on any atom is -0.383 e. The number of hydrogen-bond acceptors (Lipinski definition) is 6. The molecule has 1 amide bonds. The standard InChI is InChI=1S/C17H24N6O2/c1-17(2,3)23-15(18)12(10-20-23)16(24)21-13-4-5-19-11-14(13)22-6-8-25-9-7-22/h4-5,10-11H,6-9,18H2,1-3H3,(H,19,21,24). The minimum absolute atomic E-state index is 0.284. The Bertz CT molecular complexity index is 759. The van der Waals surface area contributed by atoms with Gasteiger partial charge >= 0.3 is 0 Å². The second-order valence-corrected chi connectivity index (χ2v) is 6.97. The second kappa shape index (κ2) is 6.72. The number of nitrogens with two attached hydrogens (primary N) is 1. The number of morpholine rings is 1. The zero-order chi connectivity index (χ0) is 18.0. The molecule has 8 heteroatoms. The molecule has 3 N–H and O–H groups in total. The monoisotopic (exact) mass is 344 g/mol. The van der Waals surface area contributed by atoms with Crippen molar-refractivity contribution >= 4 is 23.1 Å². The van der Waals surface area contributed by atoms with Crippen LogP contribution in [0.3, 0.4) is 0 Å². The Labute approximate surface area is 147 Å². The number of pyridine rings is 1.